The molecule has 0 radical (unpaired) electrons. The number of benzene rings is 1. The van der Waals surface area contributed by atoms with Crippen molar-refractivity contribution in [1.29, 1.82) is 0 Å². The normalized spacial score (nSPS) is 14.7. The van der Waals surface area contributed by atoms with E-state index in [1.165, 1.54) is 0 Å². The summed E-state index contributed by atoms with van der Waals surface area (Å²) in [4.78, 5) is 28.2. The van der Waals surface area contributed by atoms with Crippen molar-refractivity contribution < 1.29 is 9.59 Å². The van der Waals surface area contributed by atoms with Crippen LogP contribution in [0.5, 0.6) is 0 Å². The summed E-state index contributed by atoms with van der Waals surface area (Å²) in [6.45, 7) is 7.08. The van der Waals surface area contributed by atoms with Crippen LogP contribution in [-0.2, 0) is 9.59 Å². The lowest BCUT2D eigenvalue weighted by Crippen LogP contribution is -2.46. The number of amides is 2. The number of nitrogens with zero attached hydrogens (tertiary/aromatic N) is 2. The fourth-order valence-electron chi connectivity index (χ4n) is 2.46. The Kier molecular flexibility index (Phi) is 4.21. The molecule has 0 atom stereocenters. The van der Waals surface area contributed by atoms with Gasteiger partial charge in [-0.15, -0.1) is 0 Å². The number of carbonyl (C=O) groups excluding carboxylic acids is 2. The van der Waals surface area contributed by atoms with Gasteiger partial charge in [0.05, 0.1) is 11.4 Å². The topological polar surface area (TPSA) is 52.7 Å². The predicted molar refractivity (Wildman–Crippen MR) is 84.6 cm³/mol. The number of fused-ring (bicyclic) bond motifs is 1. The first-order valence-corrected chi connectivity index (χ1v) is 7.19. The standard InChI is InChI=1S/C16H23N3O2/c1-16(2,3)17-14(20)11-15(21)19-10-9-18(4)12-7-5-6-8-13(12)19/h5-8H,9-11H2,1-4H3,(H,17,20). The van der Waals surface area contributed by atoms with Crippen molar-refractivity contribution in [3.63, 3.8) is 0 Å². The van der Waals surface area contributed by atoms with E-state index in [-0.39, 0.29) is 23.8 Å². The molecule has 1 aliphatic heterocycles. The fourth-order valence-corrected chi connectivity index (χ4v) is 2.46. The number of hydrogen-bond acceptors (Lipinski definition) is 3. The Morgan fingerprint density at radius 2 is 1.76 bits per heavy atom. The van der Waals surface area contributed by atoms with E-state index in [9.17, 15) is 9.59 Å². The molecule has 0 saturated carbocycles. The quantitative estimate of drug-likeness (QED) is 0.844. The molecule has 0 fully saturated rings. The number of hydrogen-bond donors (Lipinski definition) is 1. The van der Waals surface area contributed by atoms with E-state index in [1.54, 1.807) is 4.90 Å². The van der Waals surface area contributed by atoms with Gasteiger partial charge in [0.15, 0.2) is 0 Å². The van der Waals surface area contributed by atoms with Gasteiger partial charge in [-0.3, -0.25) is 9.59 Å². The Hall–Kier alpha value is -2.04. The molecule has 0 spiro atoms. The van der Waals surface area contributed by atoms with Crippen LogP contribution < -0.4 is 15.1 Å². The van der Waals surface area contributed by atoms with Crippen LogP contribution in [0.1, 0.15) is 27.2 Å². The summed E-state index contributed by atoms with van der Waals surface area (Å²) in [7, 11) is 2.01. The van der Waals surface area contributed by atoms with Crippen molar-refractivity contribution in [3.8, 4) is 0 Å². The van der Waals surface area contributed by atoms with E-state index in [2.05, 4.69) is 10.2 Å². The molecule has 1 aromatic rings. The zero-order valence-electron chi connectivity index (χ0n) is 13.1. The molecule has 114 valence electrons. The number of carbonyl (C=O) groups is 2. The molecule has 1 N–H and O–H groups in total. The molecule has 1 heterocycles. The van der Waals surface area contributed by atoms with Crippen LogP contribution in [0.25, 0.3) is 0 Å². The SMILES string of the molecule is CN1CCN(C(=O)CC(=O)NC(C)(C)C)c2ccccc21. The van der Waals surface area contributed by atoms with E-state index >= 15 is 0 Å². The van der Waals surface area contributed by atoms with Crippen LogP contribution in [-0.4, -0.2) is 37.5 Å². The van der Waals surface area contributed by atoms with Gasteiger partial charge in [0.2, 0.25) is 11.8 Å². The minimum atomic E-state index is -0.322. The summed E-state index contributed by atoms with van der Waals surface area (Å²) in [5.74, 6) is -0.388. The molecule has 0 saturated heterocycles. The van der Waals surface area contributed by atoms with Gasteiger partial charge >= 0.3 is 0 Å². The molecule has 0 aliphatic carbocycles. The molecular formula is C16H23N3O2. The summed E-state index contributed by atoms with van der Waals surface area (Å²) in [6, 6.07) is 7.78. The van der Waals surface area contributed by atoms with E-state index in [0.717, 1.165) is 17.9 Å². The molecule has 5 heteroatoms. The van der Waals surface area contributed by atoms with Crippen molar-refractivity contribution in [3.05, 3.63) is 24.3 Å². The maximum Gasteiger partial charge on any atom is 0.236 e. The van der Waals surface area contributed by atoms with Gasteiger partial charge in [0, 0.05) is 25.7 Å². The minimum absolute atomic E-state index is 0.116. The van der Waals surface area contributed by atoms with Gasteiger partial charge in [-0.1, -0.05) is 12.1 Å². The molecule has 21 heavy (non-hydrogen) atoms. The van der Waals surface area contributed by atoms with Crippen LogP contribution in [0, 0.1) is 0 Å². The van der Waals surface area contributed by atoms with Gasteiger partial charge in [0.1, 0.15) is 6.42 Å². The van der Waals surface area contributed by atoms with Crippen molar-refractivity contribution in [2.45, 2.75) is 32.7 Å². The van der Waals surface area contributed by atoms with E-state index in [0.29, 0.717) is 6.54 Å². The largest absolute Gasteiger partial charge is 0.371 e. The summed E-state index contributed by atoms with van der Waals surface area (Å²) in [5, 5.41) is 2.83. The minimum Gasteiger partial charge on any atom is -0.371 e. The fraction of sp³-hybridized carbons (Fsp3) is 0.500. The third-order valence-electron chi connectivity index (χ3n) is 3.37. The lowest BCUT2D eigenvalue weighted by atomic mass is 10.1. The first-order chi connectivity index (χ1) is 9.78. The predicted octanol–water partition coefficient (Wildman–Crippen LogP) is 1.77. The van der Waals surface area contributed by atoms with E-state index in [4.69, 9.17) is 0 Å². The first kappa shape index (κ1) is 15.4. The smallest absolute Gasteiger partial charge is 0.236 e. The number of nitrogens with one attached hydrogen (secondary N) is 1. The Bertz CT molecular complexity index is 549. The molecule has 2 amide bonds. The lowest BCUT2D eigenvalue weighted by Gasteiger charge is -2.35. The molecule has 5 nitrogen and oxygen atoms in total. The zero-order chi connectivity index (χ0) is 15.6. The number of rotatable bonds is 2. The van der Waals surface area contributed by atoms with Crippen LogP contribution in [0.3, 0.4) is 0 Å². The molecule has 0 bridgehead atoms. The van der Waals surface area contributed by atoms with Gasteiger partial charge in [-0.25, -0.2) is 0 Å². The lowest BCUT2D eigenvalue weighted by molar-refractivity contribution is -0.128. The molecule has 2 rings (SSSR count). The van der Waals surface area contributed by atoms with Crippen LogP contribution >= 0.6 is 0 Å². The van der Waals surface area contributed by atoms with Crippen LogP contribution in [0.15, 0.2) is 24.3 Å². The third kappa shape index (κ3) is 3.74. The van der Waals surface area contributed by atoms with Crippen molar-refractivity contribution >= 4 is 23.2 Å². The zero-order valence-corrected chi connectivity index (χ0v) is 13.1. The highest BCUT2D eigenvalue weighted by Gasteiger charge is 2.26. The second-order valence-corrected chi connectivity index (χ2v) is 6.43. The van der Waals surface area contributed by atoms with Gasteiger partial charge in [-0.2, -0.15) is 0 Å². The molecule has 1 aliphatic rings. The highest BCUT2D eigenvalue weighted by molar-refractivity contribution is 6.07. The highest BCUT2D eigenvalue weighted by Crippen LogP contribution is 2.32. The second kappa shape index (κ2) is 5.76. The molecular weight excluding hydrogens is 266 g/mol. The van der Waals surface area contributed by atoms with Gasteiger partial charge in [-0.05, 0) is 32.9 Å². The Morgan fingerprint density at radius 1 is 1.14 bits per heavy atom. The molecule has 0 unspecified atom stereocenters. The second-order valence-electron chi connectivity index (χ2n) is 6.43. The van der Waals surface area contributed by atoms with E-state index in [1.807, 2.05) is 52.1 Å². The van der Waals surface area contributed by atoms with Gasteiger partial charge < -0.3 is 15.1 Å². The number of likely N-dealkylation sites (N-methyl/N-ethyl adjacent to an activating group) is 1. The Balaban J connectivity index is 2.11. The van der Waals surface area contributed by atoms with Crippen molar-refractivity contribution in [1.82, 2.24) is 5.32 Å². The summed E-state index contributed by atoms with van der Waals surface area (Å²) in [5.41, 5.74) is 1.57. The average Bonchev–Trinajstić information content (AvgIpc) is 2.37. The Labute approximate surface area is 125 Å². The van der Waals surface area contributed by atoms with E-state index < -0.39 is 0 Å². The highest BCUT2D eigenvalue weighted by atomic mass is 16.2. The van der Waals surface area contributed by atoms with Crippen molar-refractivity contribution in [2.75, 3.05) is 29.9 Å². The van der Waals surface area contributed by atoms with Crippen LogP contribution in [0.4, 0.5) is 11.4 Å². The number of para-hydroxylation sites is 2. The molecule has 0 aromatic heterocycles. The third-order valence-corrected chi connectivity index (χ3v) is 3.37. The monoisotopic (exact) mass is 289 g/mol. The maximum atomic E-state index is 12.4. The van der Waals surface area contributed by atoms with Crippen LogP contribution in [0.2, 0.25) is 0 Å². The summed E-state index contributed by atoms with van der Waals surface area (Å²) in [6.07, 6.45) is -0.116. The van der Waals surface area contributed by atoms with Crippen molar-refractivity contribution in [2.24, 2.45) is 0 Å². The average molecular weight is 289 g/mol. The number of anilines is 2. The summed E-state index contributed by atoms with van der Waals surface area (Å²) >= 11 is 0. The molecule has 1 aromatic carbocycles. The summed E-state index contributed by atoms with van der Waals surface area (Å²) < 4.78 is 0. The first-order valence-electron chi connectivity index (χ1n) is 7.19. The Morgan fingerprint density at radius 3 is 2.38 bits per heavy atom. The maximum absolute atomic E-state index is 12.4. The van der Waals surface area contributed by atoms with Gasteiger partial charge in [0.25, 0.3) is 0 Å².